The van der Waals surface area contributed by atoms with Crippen LogP contribution in [0, 0.1) is 0 Å². The Kier molecular flexibility index (Phi) is 14.6. The summed E-state index contributed by atoms with van der Waals surface area (Å²) in [6, 6.07) is 14.8. The van der Waals surface area contributed by atoms with E-state index in [1.54, 1.807) is 19.1 Å². The van der Waals surface area contributed by atoms with Gasteiger partial charge in [-0.2, -0.15) is 0 Å². The number of aryl methyl sites for hydroxylation is 2. The van der Waals surface area contributed by atoms with Crippen molar-refractivity contribution in [2.24, 2.45) is 0 Å². The molecule has 0 radical (unpaired) electrons. The number of esters is 1. The molecule has 0 bridgehead atoms. The maximum absolute atomic E-state index is 12.7. The lowest BCUT2D eigenvalue weighted by Gasteiger charge is -2.14. The number of rotatable bonds is 20. The monoisotopic (exact) mass is 622 g/mol. The minimum absolute atomic E-state index is 0.456. The fourth-order valence-corrected chi connectivity index (χ4v) is 5.29. The average molecular weight is 623 g/mol. The number of ether oxygens (including phenoxy) is 2. The number of carbonyl (C=O) groups is 1. The van der Waals surface area contributed by atoms with Crippen molar-refractivity contribution in [1.29, 1.82) is 0 Å². The molecule has 0 unspecified atom stereocenters. The van der Waals surface area contributed by atoms with Crippen LogP contribution >= 0.6 is 0 Å². The van der Waals surface area contributed by atoms with Gasteiger partial charge in [-0.25, -0.2) is 24.7 Å². The number of nitrogens with zero attached hydrogens (tertiary/aromatic N) is 4. The van der Waals surface area contributed by atoms with Crippen LogP contribution in [0.1, 0.15) is 109 Å². The number of aromatic nitrogens is 4. The molecule has 0 spiro atoms. The van der Waals surface area contributed by atoms with Crippen molar-refractivity contribution < 1.29 is 14.3 Å². The highest BCUT2D eigenvalue weighted by atomic mass is 16.6. The van der Waals surface area contributed by atoms with E-state index in [-0.39, 0.29) is 0 Å². The Labute approximate surface area is 275 Å². The highest BCUT2D eigenvalue weighted by Gasteiger charge is 2.18. The lowest BCUT2D eigenvalue weighted by molar-refractivity contribution is -0.141. The normalized spacial score (nSPS) is 11.7. The summed E-state index contributed by atoms with van der Waals surface area (Å²) in [6.07, 6.45) is 23.9. The van der Waals surface area contributed by atoms with Crippen molar-refractivity contribution in [3.63, 3.8) is 0 Å². The zero-order chi connectivity index (χ0) is 32.4. The van der Waals surface area contributed by atoms with Crippen LogP contribution in [0.5, 0.6) is 11.5 Å². The second-order valence-corrected chi connectivity index (χ2v) is 12.1. The fraction of sp³-hybridized carbons (Fsp3) is 0.462. The summed E-state index contributed by atoms with van der Waals surface area (Å²) < 4.78 is 11.4. The molecule has 0 aliphatic heterocycles. The molecule has 46 heavy (non-hydrogen) atoms. The van der Waals surface area contributed by atoms with E-state index >= 15 is 0 Å². The molecule has 0 N–H and O–H groups in total. The van der Waals surface area contributed by atoms with Crippen LogP contribution in [0.15, 0.2) is 73.3 Å². The Hall–Kier alpha value is -4.13. The van der Waals surface area contributed by atoms with E-state index < -0.39 is 12.1 Å². The van der Waals surface area contributed by atoms with Crippen molar-refractivity contribution in [1.82, 2.24) is 19.9 Å². The molecule has 0 saturated carbocycles. The lowest BCUT2D eigenvalue weighted by atomic mass is 10.1. The first-order valence-corrected chi connectivity index (χ1v) is 17.3. The van der Waals surface area contributed by atoms with Gasteiger partial charge in [-0.1, -0.05) is 90.2 Å². The highest BCUT2D eigenvalue weighted by molar-refractivity contribution is 5.77. The Morgan fingerprint density at radius 1 is 0.587 bits per heavy atom. The first-order chi connectivity index (χ1) is 22.6. The summed E-state index contributed by atoms with van der Waals surface area (Å²) in [5.41, 5.74) is 3.96. The molecule has 7 nitrogen and oxygen atoms in total. The number of hydrogen-bond acceptors (Lipinski definition) is 7. The fourth-order valence-electron chi connectivity index (χ4n) is 5.29. The largest absolute Gasteiger partial charge is 0.479 e. The number of carbonyl (C=O) groups excluding carboxylic acids is 1. The molecule has 2 aromatic heterocycles. The zero-order valence-electron chi connectivity index (χ0n) is 27.9. The van der Waals surface area contributed by atoms with Crippen LogP contribution in [0.4, 0.5) is 0 Å². The summed E-state index contributed by atoms with van der Waals surface area (Å²) >= 11 is 0. The second-order valence-electron chi connectivity index (χ2n) is 12.1. The summed E-state index contributed by atoms with van der Waals surface area (Å²) in [7, 11) is 0. The van der Waals surface area contributed by atoms with E-state index in [9.17, 15) is 4.79 Å². The van der Waals surface area contributed by atoms with E-state index in [2.05, 4.69) is 33.8 Å². The van der Waals surface area contributed by atoms with Gasteiger partial charge in [-0.15, -0.1) is 0 Å². The third-order valence-corrected chi connectivity index (χ3v) is 8.15. The molecule has 0 fully saturated rings. The van der Waals surface area contributed by atoms with Gasteiger partial charge in [-0.05, 0) is 73.7 Å². The molecule has 2 aromatic carbocycles. The van der Waals surface area contributed by atoms with Gasteiger partial charge in [0.15, 0.2) is 11.9 Å². The SMILES string of the molecule is CCCCCCCCc1cnc(-c2ccc(O[C@H](C)C(=O)Oc3ccc(-c4cnc(CCCCCCCC)nc4)cc3)cc2)nc1. The Bertz CT molecular complexity index is 1420. The average Bonchev–Trinajstić information content (AvgIpc) is 3.09. The molecule has 1 atom stereocenters. The molecule has 0 aliphatic rings. The Morgan fingerprint density at radius 3 is 1.72 bits per heavy atom. The molecule has 7 heteroatoms. The van der Waals surface area contributed by atoms with Gasteiger partial charge >= 0.3 is 5.97 Å². The van der Waals surface area contributed by atoms with E-state index in [1.807, 2.05) is 61.2 Å². The predicted molar refractivity (Wildman–Crippen MR) is 185 cm³/mol. The van der Waals surface area contributed by atoms with E-state index in [1.165, 1.54) is 76.2 Å². The van der Waals surface area contributed by atoms with Crippen LogP contribution in [0.3, 0.4) is 0 Å². The van der Waals surface area contributed by atoms with Gasteiger partial charge in [-0.3, -0.25) is 0 Å². The van der Waals surface area contributed by atoms with Gasteiger partial charge < -0.3 is 9.47 Å². The maximum atomic E-state index is 12.7. The minimum Gasteiger partial charge on any atom is -0.479 e. The van der Waals surface area contributed by atoms with Crippen LogP contribution in [-0.2, 0) is 17.6 Å². The number of unbranched alkanes of at least 4 members (excludes halogenated alkanes) is 10. The van der Waals surface area contributed by atoms with Crippen molar-refractivity contribution >= 4 is 5.97 Å². The van der Waals surface area contributed by atoms with Crippen molar-refractivity contribution in [3.8, 4) is 34.0 Å². The molecule has 4 aromatic rings. The maximum Gasteiger partial charge on any atom is 0.352 e. The molecule has 2 heterocycles. The van der Waals surface area contributed by atoms with Crippen LogP contribution < -0.4 is 9.47 Å². The second kappa shape index (κ2) is 19.4. The standard InChI is InChI=1S/C39H50N4O3/c1-4-6-8-10-12-14-16-31-26-42-38(43-27-31)33-20-24-35(25-21-33)45-30(3)39(44)46-36-22-18-32(19-23-36)34-28-40-37(41-29-34)17-15-13-11-9-7-5-2/h18-30H,4-17H2,1-3H3/t30-/m1/s1. The summed E-state index contributed by atoms with van der Waals surface area (Å²) in [4.78, 5) is 31.0. The van der Waals surface area contributed by atoms with E-state index in [0.29, 0.717) is 17.3 Å². The summed E-state index contributed by atoms with van der Waals surface area (Å²) in [6.45, 7) is 6.16. The Balaban J connectivity index is 1.20. The molecule has 0 aliphatic carbocycles. The predicted octanol–water partition coefficient (Wildman–Crippen LogP) is 9.78. The third-order valence-electron chi connectivity index (χ3n) is 8.15. The van der Waals surface area contributed by atoms with Crippen LogP contribution in [0.2, 0.25) is 0 Å². The lowest BCUT2D eigenvalue weighted by Crippen LogP contribution is -2.28. The van der Waals surface area contributed by atoms with Gasteiger partial charge in [0, 0.05) is 42.3 Å². The van der Waals surface area contributed by atoms with E-state index in [0.717, 1.165) is 41.8 Å². The quantitative estimate of drug-likeness (QED) is 0.0551. The topological polar surface area (TPSA) is 87.1 Å². The minimum atomic E-state index is -0.782. The smallest absolute Gasteiger partial charge is 0.352 e. The van der Waals surface area contributed by atoms with Crippen molar-refractivity contribution in [2.75, 3.05) is 0 Å². The summed E-state index contributed by atoms with van der Waals surface area (Å²) in [5.74, 6) is 2.11. The first kappa shape index (κ1) is 34.7. The molecule has 4 rings (SSSR count). The highest BCUT2D eigenvalue weighted by Crippen LogP contribution is 2.24. The Morgan fingerprint density at radius 2 is 1.11 bits per heavy atom. The van der Waals surface area contributed by atoms with Gasteiger partial charge in [0.25, 0.3) is 0 Å². The van der Waals surface area contributed by atoms with Gasteiger partial charge in [0.1, 0.15) is 17.3 Å². The molecular formula is C39H50N4O3. The zero-order valence-corrected chi connectivity index (χ0v) is 27.9. The third kappa shape index (κ3) is 11.7. The van der Waals surface area contributed by atoms with Crippen LogP contribution in [-0.4, -0.2) is 32.0 Å². The molecule has 244 valence electrons. The van der Waals surface area contributed by atoms with Crippen molar-refractivity contribution in [3.05, 3.63) is 84.7 Å². The molecule has 0 saturated heterocycles. The molecule has 0 amide bonds. The number of hydrogen-bond donors (Lipinski definition) is 0. The number of benzene rings is 2. The molecular weight excluding hydrogens is 572 g/mol. The van der Waals surface area contributed by atoms with Crippen molar-refractivity contribution in [2.45, 2.75) is 117 Å². The summed E-state index contributed by atoms with van der Waals surface area (Å²) in [5, 5.41) is 0. The van der Waals surface area contributed by atoms with Gasteiger partial charge in [0.2, 0.25) is 0 Å². The van der Waals surface area contributed by atoms with Gasteiger partial charge in [0.05, 0.1) is 0 Å². The van der Waals surface area contributed by atoms with E-state index in [4.69, 9.17) is 9.47 Å². The first-order valence-electron chi connectivity index (χ1n) is 17.3. The van der Waals surface area contributed by atoms with Crippen LogP contribution in [0.25, 0.3) is 22.5 Å².